The van der Waals surface area contributed by atoms with E-state index in [0.717, 1.165) is 12.8 Å². The van der Waals surface area contributed by atoms with Gasteiger partial charge in [-0.25, -0.2) is 0 Å². The number of anilines is 1. The van der Waals surface area contributed by atoms with E-state index in [2.05, 4.69) is 10.6 Å². The Hall–Kier alpha value is -1.59. The molecule has 0 heterocycles. The number of primary amides is 1. The minimum Gasteiger partial charge on any atom is -0.370 e. The molecule has 0 fully saturated rings. The third-order valence-electron chi connectivity index (χ3n) is 2.42. The maximum Gasteiger partial charge on any atom is 0.238 e. The van der Waals surface area contributed by atoms with E-state index in [0.29, 0.717) is 23.7 Å². The van der Waals surface area contributed by atoms with Crippen LogP contribution in [0.1, 0.15) is 19.3 Å². The number of halogens is 1. The van der Waals surface area contributed by atoms with E-state index < -0.39 is 0 Å². The Morgan fingerprint density at radius 2 is 2.05 bits per heavy atom. The Bertz CT molecular complexity index is 438. The average molecular weight is 284 g/mol. The lowest BCUT2D eigenvalue weighted by atomic mass is 10.2. The van der Waals surface area contributed by atoms with E-state index in [1.165, 1.54) is 0 Å². The van der Waals surface area contributed by atoms with Gasteiger partial charge in [0.25, 0.3) is 0 Å². The number of unbranched alkanes of at least 4 members (excludes halogenated alkanes) is 1. The average Bonchev–Trinajstić information content (AvgIpc) is 2.33. The summed E-state index contributed by atoms with van der Waals surface area (Å²) in [6.07, 6.45) is 1.93. The van der Waals surface area contributed by atoms with Gasteiger partial charge in [0.2, 0.25) is 11.8 Å². The summed E-state index contributed by atoms with van der Waals surface area (Å²) in [5.74, 6) is -0.420. The number of amides is 2. The van der Waals surface area contributed by atoms with Crippen molar-refractivity contribution in [1.29, 1.82) is 0 Å². The largest absolute Gasteiger partial charge is 0.370 e. The smallest absolute Gasteiger partial charge is 0.238 e. The number of nitrogens with two attached hydrogens (primary N) is 1. The monoisotopic (exact) mass is 283 g/mol. The first-order chi connectivity index (χ1) is 9.08. The summed E-state index contributed by atoms with van der Waals surface area (Å²) in [5.41, 5.74) is 5.69. The van der Waals surface area contributed by atoms with Gasteiger partial charge in [-0.2, -0.15) is 0 Å². The fourth-order valence-corrected chi connectivity index (χ4v) is 1.71. The topological polar surface area (TPSA) is 84.2 Å². The van der Waals surface area contributed by atoms with Gasteiger partial charge in [0.05, 0.1) is 6.54 Å². The highest BCUT2D eigenvalue weighted by Gasteiger charge is 2.02. The van der Waals surface area contributed by atoms with Gasteiger partial charge in [-0.05, 0) is 37.6 Å². The number of benzene rings is 1. The quantitative estimate of drug-likeness (QED) is 0.633. The molecule has 4 N–H and O–H groups in total. The van der Waals surface area contributed by atoms with Crippen LogP contribution in [0.15, 0.2) is 24.3 Å². The normalized spacial score (nSPS) is 10.2. The van der Waals surface area contributed by atoms with Crippen molar-refractivity contribution >= 4 is 29.1 Å². The lowest BCUT2D eigenvalue weighted by molar-refractivity contribution is -0.118. The van der Waals surface area contributed by atoms with Crippen LogP contribution in [0.2, 0.25) is 5.02 Å². The van der Waals surface area contributed by atoms with E-state index in [1.807, 2.05) is 0 Å². The number of rotatable bonds is 8. The molecule has 0 aromatic heterocycles. The zero-order valence-electron chi connectivity index (χ0n) is 10.6. The van der Waals surface area contributed by atoms with E-state index in [4.69, 9.17) is 17.3 Å². The van der Waals surface area contributed by atoms with Gasteiger partial charge in [-0.1, -0.05) is 17.7 Å². The number of nitrogens with one attached hydrogen (secondary N) is 2. The molecule has 0 spiro atoms. The van der Waals surface area contributed by atoms with Crippen LogP contribution < -0.4 is 16.4 Å². The Morgan fingerprint density at radius 1 is 1.26 bits per heavy atom. The van der Waals surface area contributed by atoms with Crippen molar-refractivity contribution < 1.29 is 9.59 Å². The van der Waals surface area contributed by atoms with Crippen LogP contribution in [0.25, 0.3) is 0 Å². The minimum atomic E-state index is -0.293. The van der Waals surface area contributed by atoms with Crippen molar-refractivity contribution in [2.45, 2.75) is 19.3 Å². The van der Waals surface area contributed by atoms with Crippen LogP contribution in [-0.4, -0.2) is 24.9 Å². The molecule has 5 nitrogen and oxygen atoms in total. The lowest BCUT2D eigenvalue weighted by Gasteiger charge is -2.06. The highest BCUT2D eigenvalue weighted by Crippen LogP contribution is 2.14. The molecular weight excluding hydrogens is 266 g/mol. The SMILES string of the molecule is NC(=O)CCCCNCC(=O)Nc1cccc(Cl)c1. The summed E-state index contributed by atoms with van der Waals surface area (Å²) in [5, 5.41) is 6.31. The van der Waals surface area contributed by atoms with Gasteiger partial charge < -0.3 is 16.4 Å². The molecule has 6 heteroatoms. The van der Waals surface area contributed by atoms with Gasteiger partial charge in [-0.3, -0.25) is 9.59 Å². The Morgan fingerprint density at radius 3 is 2.74 bits per heavy atom. The molecule has 19 heavy (non-hydrogen) atoms. The summed E-state index contributed by atoms with van der Waals surface area (Å²) in [4.78, 5) is 22.1. The van der Waals surface area contributed by atoms with Crippen molar-refractivity contribution in [2.24, 2.45) is 5.73 Å². The van der Waals surface area contributed by atoms with Crippen molar-refractivity contribution in [2.75, 3.05) is 18.4 Å². The fraction of sp³-hybridized carbons (Fsp3) is 0.385. The van der Waals surface area contributed by atoms with Crippen molar-refractivity contribution in [3.05, 3.63) is 29.3 Å². The number of hydrogen-bond acceptors (Lipinski definition) is 3. The third kappa shape index (κ3) is 7.43. The number of hydrogen-bond donors (Lipinski definition) is 3. The number of carbonyl (C=O) groups is 2. The first kappa shape index (κ1) is 15.5. The van der Waals surface area contributed by atoms with Gasteiger partial charge in [0, 0.05) is 17.1 Å². The molecule has 0 aliphatic rings. The van der Waals surface area contributed by atoms with E-state index >= 15 is 0 Å². The van der Waals surface area contributed by atoms with Gasteiger partial charge in [-0.15, -0.1) is 0 Å². The van der Waals surface area contributed by atoms with Crippen LogP contribution in [0.4, 0.5) is 5.69 Å². The summed E-state index contributed by atoms with van der Waals surface area (Å²) in [6.45, 7) is 0.902. The minimum absolute atomic E-state index is 0.128. The molecule has 0 atom stereocenters. The first-order valence-corrected chi connectivity index (χ1v) is 6.50. The lowest BCUT2D eigenvalue weighted by Crippen LogP contribution is -2.28. The van der Waals surface area contributed by atoms with Gasteiger partial charge >= 0.3 is 0 Å². The summed E-state index contributed by atoms with van der Waals surface area (Å²) >= 11 is 5.81. The standard InChI is InChI=1S/C13H18ClN3O2/c14-10-4-3-5-11(8-10)17-13(19)9-16-7-2-1-6-12(15)18/h3-5,8,16H,1-2,6-7,9H2,(H2,15,18)(H,17,19). The molecule has 104 valence electrons. The molecule has 0 saturated carbocycles. The predicted molar refractivity (Wildman–Crippen MR) is 76.0 cm³/mol. The summed E-state index contributed by atoms with van der Waals surface area (Å²) < 4.78 is 0. The van der Waals surface area contributed by atoms with Crippen LogP contribution in [0.5, 0.6) is 0 Å². The molecule has 0 saturated heterocycles. The molecule has 0 aliphatic carbocycles. The second kappa shape index (κ2) is 8.50. The molecule has 2 amide bonds. The maximum atomic E-state index is 11.6. The van der Waals surface area contributed by atoms with Crippen molar-refractivity contribution in [1.82, 2.24) is 5.32 Å². The second-order valence-corrected chi connectivity index (χ2v) is 4.60. The van der Waals surface area contributed by atoms with Crippen LogP contribution in [0, 0.1) is 0 Å². The first-order valence-electron chi connectivity index (χ1n) is 6.12. The maximum absolute atomic E-state index is 11.6. The van der Waals surface area contributed by atoms with Crippen LogP contribution >= 0.6 is 11.6 Å². The molecule has 0 unspecified atom stereocenters. The molecule has 1 rings (SSSR count). The highest BCUT2D eigenvalue weighted by atomic mass is 35.5. The third-order valence-corrected chi connectivity index (χ3v) is 2.66. The Kier molecular flexibility index (Phi) is 6.92. The molecular formula is C13H18ClN3O2. The Balaban J connectivity index is 2.13. The predicted octanol–water partition coefficient (Wildman–Crippen LogP) is 1.52. The van der Waals surface area contributed by atoms with Crippen LogP contribution in [-0.2, 0) is 9.59 Å². The second-order valence-electron chi connectivity index (χ2n) is 4.16. The molecule has 1 aromatic carbocycles. The van der Waals surface area contributed by atoms with Crippen LogP contribution in [0.3, 0.4) is 0 Å². The molecule has 0 radical (unpaired) electrons. The van der Waals surface area contributed by atoms with Crippen molar-refractivity contribution in [3.63, 3.8) is 0 Å². The molecule has 0 bridgehead atoms. The summed E-state index contributed by atoms with van der Waals surface area (Å²) in [6, 6.07) is 6.98. The Labute approximate surface area is 117 Å². The van der Waals surface area contributed by atoms with Gasteiger partial charge in [0.1, 0.15) is 0 Å². The fourth-order valence-electron chi connectivity index (χ4n) is 1.52. The van der Waals surface area contributed by atoms with E-state index in [9.17, 15) is 9.59 Å². The number of carbonyl (C=O) groups excluding carboxylic acids is 2. The molecule has 1 aromatic rings. The van der Waals surface area contributed by atoms with E-state index in [-0.39, 0.29) is 18.4 Å². The zero-order valence-corrected chi connectivity index (χ0v) is 11.4. The zero-order chi connectivity index (χ0) is 14.1. The van der Waals surface area contributed by atoms with Crippen molar-refractivity contribution in [3.8, 4) is 0 Å². The van der Waals surface area contributed by atoms with E-state index in [1.54, 1.807) is 24.3 Å². The van der Waals surface area contributed by atoms with Gasteiger partial charge in [0.15, 0.2) is 0 Å². The highest BCUT2D eigenvalue weighted by molar-refractivity contribution is 6.30. The summed E-state index contributed by atoms with van der Waals surface area (Å²) in [7, 11) is 0. The molecule has 0 aliphatic heterocycles.